The largest absolute Gasteiger partial charge is 0.467 e. The second-order valence-electron chi connectivity index (χ2n) is 6.38. The van der Waals surface area contributed by atoms with Gasteiger partial charge in [0.2, 0.25) is 5.91 Å². The van der Waals surface area contributed by atoms with Crippen LogP contribution in [0.25, 0.3) is 0 Å². The van der Waals surface area contributed by atoms with E-state index in [1.807, 2.05) is 0 Å². The van der Waals surface area contributed by atoms with Crippen LogP contribution in [0, 0.1) is 11.3 Å². The Bertz CT molecular complexity index is 458. The Balaban J connectivity index is 2.18. The predicted molar refractivity (Wildman–Crippen MR) is 73.6 cm³/mol. The maximum Gasteiger partial charge on any atom is 0.405 e. The number of amides is 2. The van der Waals surface area contributed by atoms with Crippen LogP contribution in [0.15, 0.2) is 0 Å². The van der Waals surface area contributed by atoms with Crippen molar-refractivity contribution in [3.05, 3.63) is 0 Å². The number of likely N-dealkylation sites (tertiary alicyclic amines) is 1. The molecule has 0 bridgehead atoms. The van der Waals surface area contributed by atoms with Gasteiger partial charge in [-0.1, -0.05) is 13.8 Å². The van der Waals surface area contributed by atoms with E-state index in [0.717, 1.165) is 12.8 Å². The number of carbonyl (C=O) groups is 3. The highest BCUT2D eigenvalue weighted by Crippen LogP contribution is 2.55. The van der Waals surface area contributed by atoms with Gasteiger partial charge in [-0.05, 0) is 30.6 Å². The number of hydrogen-bond acceptors (Lipinski definition) is 4. The molecule has 2 aliphatic rings. The number of rotatable bonds is 4. The number of methoxy groups -OCH3 is 1. The van der Waals surface area contributed by atoms with Crippen molar-refractivity contribution in [2.75, 3.05) is 13.7 Å². The summed E-state index contributed by atoms with van der Waals surface area (Å²) < 4.78 is 4.79. The van der Waals surface area contributed by atoms with Gasteiger partial charge in [0.25, 0.3) is 0 Å². The molecule has 0 aromatic heterocycles. The lowest BCUT2D eigenvalue weighted by atomic mass is 10.0. The molecule has 118 valence electrons. The number of nitrogens with zero attached hydrogens (tertiary/aromatic N) is 1. The molecule has 7 heteroatoms. The van der Waals surface area contributed by atoms with E-state index in [-0.39, 0.29) is 17.2 Å². The number of carboxylic acid groups (broad SMARTS) is 1. The van der Waals surface area contributed by atoms with Crippen molar-refractivity contribution < 1.29 is 24.2 Å². The monoisotopic (exact) mass is 298 g/mol. The van der Waals surface area contributed by atoms with Crippen LogP contribution >= 0.6 is 0 Å². The van der Waals surface area contributed by atoms with Crippen molar-refractivity contribution in [3.8, 4) is 0 Å². The van der Waals surface area contributed by atoms with Crippen LogP contribution in [0.3, 0.4) is 0 Å². The van der Waals surface area contributed by atoms with Gasteiger partial charge in [-0.2, -0.15) is 0 Å². The highest BCUT2D eigenvalue weighted by atomic mass is 16.5. The lowest BCUT2D eigenvalue weighted by Gasteiger charge is -2.29. The highest BCUT2D eigenvalue weighted by molar-refractivity contribution is 5.90. The number of ether oxygens (including phenoxy) is 1. The highest BCUT2D eigenvalue weighted by Gasteiger charge is 2.56. The maximum absolute atomic E-state index is 12.7. The Morgan fingerprint density at radius 1 is 1.33 bits per heavy atom. The third-order valence-electron chi connectivity index (χ3n) is 4.43. The van der Waals surface area contributed by atoms with Gasteiger partial charge in [0, 0.05) is 6.54 Å². The van der Waals surface area contributed by atoms with E-state index in [0.29, 0.717) is 13.0 Å². The zero-order chi connectivity index (χ0) is 15.8. The van der Waals surface area contributed by atoms with Crippen molar-refractivity contribution in [2.45, 2.75) is 45.2 Å². The van der Waals surface area contributed by atoms with Gasteiger partial charge in [-0.3, -0.25) is 4.79 Å². The number of carbonyl (C=O) groups excluding carboxylic acids is 2. The van der Waals surface area contributed by atoms with E-state index in [4.69, 9.17) is 9.84 Å². The molecule has 2 amide bonds. The van der Waals surface area contributed by atoms with Crippen molar-refractivity contribution in [3.63, 3.8) is 0 Å². The van der Waals surface area contributed by atoms with E-state index < -0.39 is 24.1 Å². The molecule has 1 saturated carbocycles. The molecule has 2 rings (SSSR count). The Morgan fingerprint density at radius 3 is 2.38 bits per heavy atom. The minimum Gasteiger partial charge on any atom is -0.467 e. The molecule has 2 atom stereocenters. The van der Waals surface area contributed by atoms with E-state index >= 15 is 0 Å². The van der Waals surface area contributed by atoms with Gasteiger partial charge < -0.3 is 20.1 Å². The molecule has 2 fully saturated rings. The number of nitrogens with one attached hydrogen (secondary N) is 1. The van der Waals surface area contributed by atoms with Crippen LogP contribution in [0.5, 0.6) is 0 Å². The summed E-state index contributed by atoms with van der Waals surface area (Å²) in [5.74, 6) is -0.959. The zero-order valence-electron chi connectivity index (χ0n) is 12.6. The van der Waals surface area contributed by atoms with E-state index in [1.165, 1.54) is 12.0 Å². The Morgan fingerprint density at radius 2 is 1.95 bits per heavy atom. The molecule has 1 aliphatic carbocycles. The molecule has 0 radical (unpaired) electrons. The standard InChI is InChI=1S/C14H22N2O5/c1-8(2)10(15-13(19)20)11(17)16-7-14(4-5-14)6-9(16)12(18)21-3/h8-10,15H,4-7H2,1-3H3,(H,19,20). The minimum atomic E-state index is -1.24. The van der Waals surface area contributed by atoms with Crippen LogP contribution in [-0.2, 0) is 14.3 Å². The molecule has 2 unspecified atom stereocenters. The third kappa shape index (κ3) is 3.11. The van der Waals surface area contributed by atoms with E-state index in [2.05, 4.69) is 5.32 Å². The van der Waals surface area contributed by atoms with E-state index in [9.17, 15) is 14.4 Å². The quantitative estimate of drug-likeness (QED) is 0.750. The van der Waals surface area contributed by atoms with Gasteiger partial charge in [0.15, 0.2) is 0 Å². The first kappa shape index (κ1) is 15.6. The molecular formula is C14H22N2O5. The van der Waals surface area contributed by atoms with Crippen LogP contribution in [0.1, 0.15) is 33.1 Å². The first-order valence-electron chi connectivity index (χ1n) is 7.17. The van der Waals surface area contributed by atoms with Crippen molar-refractivity contribution in [1.29, 1.82) is 0 Å². The number of hydrogen-bond donors (Lipinski definition) is 2. The minimum absolute atomic E-state index is 0.0409. The predicted octanol–water partition coefficient (Wildman–Crippen LogP) is 0.833. The van der Waals surface area contributed by atoms with Crippen LogP contribution in [0.4, 0.5) is 4.79 Å². The fraction of sp³-hybridized carbons (Fsp3) is 0.786. The van der Waals surface area contributed by atoms with Crippen molar-refractivity contribution in [2.24, 2.45) is 11.3 Å². The Kier molecular flexibility index (Phi) is 4.11. The van der Waals surface area contributed by atoms with E-state index in [1.54, 1.807) is 13.8 Å². The van der Waals surface area contributed by atoms with Crippen molar-refractivity contribution in [1.82, 2.24) is 10.2 Å². The van der Waals surface area contributed by atoms with Gasteiger partial charge in [0.05, 0.1) is 7.11 Å². The summed E-state index contributed by atoms with van der Waals surface area (Å²) in [6, 6.07) is -1.44. The first-order chi connectivity index (χ1) is 9.79. The molecule has 1 heterocycles. The first-order valence-corrected chi connectivity index (χ1v) is 7.17. The maximum atomic E-state index is 12.7. The normalized spacial score (nSPS) is 24.0. The summed E-state index contributed by atoms with van der Waals surface area (Å²) in [6.07, 6.45) is 1.38. The average Bonchev–Trinajstić information content (AvgIpc) is 3.05. The molecule has 7 nitrogen and oxygen atoms in total. The zero-order valence-corrected chi connectivity index (χ0v) is 12.6. The molecule has 0 aromatic rings. The second kappa shape index (κ2) is 5.54. The summed E-state index contributed by atoms with van der Waals surface area (Å²) in [5, 5.41) is 11.1. The summed E-state index contributed by atoms with van der Waals surface area (Å²) in [7, 11) is 1.30. The molecular weight excluding hydrogens is 276 g/mol. The van der Waals surface area contributed by atoms with Crippen LogP contribution in [0.2, 0.25) is 0 Å². The molecule has 0 aromatic carbocycles. The molecule has 1 saturated heterocycles. The van der Waals surface area contributed by atoms with Gasteiger partial charge in [0.1, 0.15) is 12.1 Å². The van der Waals surface area contributed by atoms with Gasteiger partial charge in [-0.15, -0.1) is 0 Å². The fourth-order valence-electron chi connectivity index (χ4n) is 3.00. The Labute approximate surface area is 123 Å². The summed E-state index contributed by atoms with van der Waals surface area (Å²) >= 11 is 0. The van der Waals surface area contributed by atoms with Gasteiger partial charge in [-0.25, -0.2) is 9.59 Å². The number of esters is 1. The lowest BCUT2D eigenvalue weighted by Crippen LogP contribution is -2.53. The SMILES string of the molecule is COC(=O)C1CC2(CC2)CN1C(=O)C(NC(=O)O)C(C)C. The average molecular weight is 298 g/mol. The molecule has 1 aliphatic heterocycles. The second-order valence-corrected chi connectivity index (χ2v) is 6.38. The lowest BCUT2D eigenvalue weighted by molar-refractivity contribution is -0.151. The molecule has 2 N–H and O–H groups in total. The van der Waals surface area contributed by atoms with Crippen LogP contribution in [-0.4, -0.2) is 53.7 Å². The smallest absolute Gasteiger partial charge is 0.405 e. The van der Waals surface area contributed by atoms with Gasteiger partial charge >= 0.3 is 12.1 Å². The Hall–Kier alpha value is -1.79. The summed E-state index contributed by atoms with van der Waals surface area (Å²) in [6.45, 7) is 4.05. The van der Waals surface area contributed by atoms with Crippen LogP contribution < -0.4 is 5.32 Å². The fourth-order valence-corrected chi connectivity index (χ4v) is 3.00. The molecule has 21 heavy (non-hydrogen) atoms. The van der Waals surface area contributed by atoms with Crippen molar-refractivity contribution >= 4 is 18.0 Å². The summed E-state index contributed by atoms with van der Waals surface area (Å²) in [5.41, 5.74) is 0.0409. The topological polar surface area (TPSA) is 95.9 Å². The summed E-state index contributed by atoms with van der Waals surface area (Å²) in [4.78, 5) is 36.9. The molecule has 1 spiro atoms. The third-order valence-corrected chi connectivity index (χ3v) is 4.43.